The Kier molecular flexibility index (Phi) is 6.55. The molecule has 4 aliphatic heterocycles. The van der Waals surface area contributed by atoms with Crippen LogP contribution in [0.3, 0.4) is 0 Å². The van der Waals surface area contributed by atoms with Gasteiger partial charge < -0.3 is 24.4 Å². The number of carbonyl (C=O) groups excluding carboxylic acids is 3. The Bertz CT molecular complexity index is 1370. The minimum absolute atomic E-state index is 0.0797. The summed E-state index contributed by atoms with van der Waals surface area (Å²) in [4.78, 5) is 45.4. The van der Waals surface area contributed by atoms with Crippen LogP contribution in [-0.2, 0) is 23.9 Å². The number of ether oxygens (including phenoxy) is 2. The van der Waals surface area contributed by atoms with E-state index in [1.807, 2.05) is 80.6 Å². The summed E-state index contributed by atoms with van der Waals surface area (Å²) in [7, 11) is 0. The van der Waals surface area contributed by atoms with Gasteiger partial charge >= 0.3 is 5.97 Å². The van der Waals surface area contributed by atoms with Gasteiger partial charge in [0.25, 0.3) is 5.91 Å². The number of aliphatic hydroxyl groups excluding tert-OH is 1. The summed E-state index contributed by atoms with van der Waals surface area (Å²) in [6.45, 7) is 4.17. The van der Waals surface area contributed by atoms with Crippen LogP contribution in [0.25, 0.3) is 10.8 Å². The Balaban J connectivity index is 1.49. The molecule has 0 saturated carbocycles. The fraction of sp³-hybridized carbons (Fsp3) is 0.452. The molecule has 2 amide bonds. The molecule has 2 aromatic carbocycles. The number of fused-ring (bicyclic) bond motifs is 3. The van der Waals surface area contributed by atoms with E-state index in [1.165, 1.54) is 4.90 Å². The van der Waals surface area contributed by atoms with Gasteiger partial charge in [-0.05, 0) is 35.2 Å². The average Bonchev–Trinajstić information content (AvgIpc) is 3.32. The quantitative estimate of drug-likeness (QED) is 0.471. The lowest BCUT2D eigenvalue weighted by atomic mass is 9.77. The molecule has 0 bridgehead atoms. The monoisotopic (exact) mass is 530 g/mol. The van der Waals surface area contributed by atoms with E-state index < -0.39 is 41.6 Å². The van der Waals surface area contributed by atoms with E-state index in [0.717, 1.165) is 10.8 Å². The van der Waals surface area contributed by atoms with Gasteiger partial charge in [-0.25, -0.2) is 0 Å². The molecule has 2 aromatic rings. The van der Waals surface area contributed by atoms with Gasteiger partial charge in [-0.2, -0.15) is 0 Å². The largest absolute Gasteiger partial charge is 0.465 e. The van der Waals surface area contributed by atoms with Crippen LogP contribution in [0.4, 0.5) is 5.69 Å². The fourth-order valence-electron chi connectivity index (χ4n) is 6.79. The van der Waals surface area contributed by atoms with Gasteiger partial charge in [0.05, 0.1) is 31.3 Å². The predicted molar refractivity (Wildman–Crippen MR) is 146 cm³/mol. The maximum absolute atomic E-state index is 14.6. The van der Waals surface area contributed by atoms with Crippen molar-refractivity contribution in [3.8, 4) is 0 Å². The standard InChI is InChI=1S/C31H34N2O6/c1-3-19(2)23(18-34)33-27-29(36)32(22-13-12-20-9-4-5-10-21(20)17-22)15-8-14-31(27)26(28(33)35)25-24(39-31)11-6-7-16-38-30(25)37/h4-6,8-14,17,19,23-27,34H,3,7,15-16,18H2,1-2H3/t19-,23-,24+,25-,26-,27?,31-/m0/s1. The highest BCUT2D eigenvalue weighted by molar-refractivity contribution is 6.06. The maximum atomic E-state index is 14.6. The maximum Gasteiger partial charge on any atom is 0.312 e. The van der Waals surface area contributed by atoms with Crippen LogP contribution >= 0.6 is 0 Å². The number of benzene rings is 2. The highest BCUT2D eigenvalue weighted by atomic mass is 16.6. The second kappa shape index (κ2) is 9.92. The molecule has 8 nitrogen and oxygen atoms in total. The fourth-order valence-corrected chi connectivity index (χ4v) is 6.79. The minimum atomic E-state index is -1.36. The van der Waals surface area contributed by atoms with Crippen LogP contribution in [0.15, 0.2) is 66.8 Å². The molecular formula is C31H34N2O6. The summed E-state index contributed by atoms with van der Waals surface area (Å²) in [5.74, 6) is -3.01. The van der Waals surface area contributed by atoms with E-state index in [4.69, 9.17) is 9.47 Å². The Labute approximate surface area is 227 Å². The van der Waals surface area contributed by atoms with Crippen LogP contribution < -0.4 is 4.90 Å². The van der Waals surface area contributed by atoms with Crippen LogP contribution in [0.2, 0.25) is 0 Å². The first-order chi connectivity index (χ1) is 18.9. The first-order valence-electron chi connectivity index (χ1n) is 13.8. The number of esters is 1. The van der Waals surface area contributed by atoms with Crippen LogP contribution in [0, 0.1) is 17.8 Å². The zero-order valence-electron chi connectivity index (χ0n) is 22.2. The first kappa shape index (κ1) is 25.8. The van der Waals surface area contributed by atoms with Crippen LogP contribution in [0.5, 0.6) is 0 Å². The first-order valence-corrected chi connectivity index (χ1v) is 13.8. The summed E-state index contributed by atoms with van der Waals surface area (Å²) >= 11 is 0. The van der Waals surface area contributed by atoms with Gasteiger partial charge in [0.1, 0.15) is 17.6 Å². The van der Waals surface area contributed by atoms with Crippen molar-refractivity contribution in [3.05, 3.63) is 66.8 Å². The van der Waals surface area contributed by atoms with E-state index in [9.17, 15) is 19.5 Å². The van der Waals surface area contributed by atoms with Gasteiger partial charge in [0, 0.05) is 12.2 Å². The summed E-state index contributed by atoms with van der Waals surface area (Å²) in [5.41, 5.74) is -0.646. The summed E-state index contributed by atoms with van der Waals surface area (Å²) in [6, 6.07) is 12.2. The van der Waals surface area contributed by atoms with Crippen molar-refractivity contribution in [1.29, 1.82) is 0 Å². The lowest BCUT2D eigenvalue weighted by Crippen LogP contribution is -2.59. The molecule has 4 heterocycles. The Morgan fingerprint density at radius 1 is 1.08 bits per heavy atom. The second-order valence-corrected chi connectivity index (χ2v) is 11.0. The summed E-state index contributed by atoms with van der Waals surface area (Å²) < 4.78 is 12.1. The highest BCUT2D eigenvalue weighted by Crippen LogP contribution is 2.54. The topological polar surface area (TPSA) is 96.4 Å². The zero-order valence-corrected chi connectivity index (χ0v) is 22.2. The van der Waals surface area contributed by atoms with E-state index in [2.05, 4.69) is 0 Å². The number of anilines is 1. The van der Waals surface area contributed by atoms with Crippen molar-refractivity contribution in [3.63, 3.8) is 0 Å². The van der Waals surface area contributed by atoms with Crippen LogP contribution in [0.1, 0.15) is 26.7 Å². The van der Waals surface area contributed by atoms with E-state index >= 15 is 0 Å². The zero-order chi connectivity index (χ0) is 27.3. The van der Waals surface area contributed by atoms with Gasteiger partial charge in [0.2, 0.25) is 5.91 Å². The molecule has 6 rings (SSSR count). The third kappa shape index (κ3) is 3.92. The number of carbonyl (C=O) groups is 3. The van der Waals surface area contributed by atoms with Crippen molar-refractivity contribution in [2.45, 2.75) is 50.5 Å². The molecule has 39 heavy (non-hydrogen) atoms. The molecule has 1 N–H and O–H groups in total. The Morgan fingerprint density at radius 2 is 1.87 bits per heavy atom. The molecule has 1 spiro atoms. The summed E-state index contributed by atoms with van der Waals surface area (Å²) in [6.07, 6.45) is 7.99. The molecule has 7 atom stereocenters. The summed E-state index contributed by atoms with van der Waals surface area (Å²) in [5, 5.41) is 12.6. The number of cyclic esters (lactones) is 1. The van der Waals surface area contributed by atoms with Crippen molar-refractivity contribution < 1.29 is 29.0 Å². The molecule has 2 saturated heterocycles. The molecule has 2 fully saturated rings. The second-order valence-electron chi connectivity index (χ2n) is 11.0. The number of nitrogens with zero attached hydrogens (tertiary/aromatic N) is 2. The van der Waals surface area contributed by atoms with Crippen LogP contribution in [-0.4, -0.2) is 71.3 Å². The molecule has 0 radical (unpaired) electrons. The number of aliphatic hydroxyl groups is 1. The average molecular weight is 531 g/mol. The van der Waals surface area contributed by atoms with Crippen molar-refractivity contribution in [1.82, 2.24) is 4.90 Å². The van der Waals surface area contributed by atoms with Gasteiger partial charge in [-0.3, -0.25) is 14.4 Å². The predicted octanol–water partition coefficient (Wildman–Crippen LogP) is 3.23. The number of hydrogen-bond acceptors (Lipinski definition) is 6. The Hall–Kier alpha value is -3.49. The number of likely N-dealkylation sites (tertiary alicyclic amines) is 1. The minimum Gasteiger partial charge on any atom is -0.465 e. The lowest BCUT2D eigenvalue weighted by molar-refractivity contribution is -0.155. The van der Waals surface area contributed by atoms with Crippen molar-refractivity contribution in [2.75, 3.05) is 24.7 Å². The SMILES string of the molecule is CC[C@H](C)[C@H](CO)N1C(=O)[C@@H]2[C@H]3C(=O)OCCC=C[C@H]3O[C@@]23C=CCN(c2ccc4ccccc4c2)C(=O)C13. The molecule has 0 aliphatic carbocycles. The van der Waals surface area contributed by atoms with Crippen molar-refractivity contribution >= 4 is 34.2 Å². The molecule has 8 heteroatoms. The number of hydrogen-bond donors (Lipinski definition) is 1. The third-order valence-corrected chi connectivity index (χ3v) is 8.95. The number of amides is 2. The van der Waals surface area contributed by atoms with E-state index in [0.29, 0.717) is 18.5 Å². The van der Waals surface area contributed by atoms with E-state index in [1.54, 1.807) is 4.90 Å². The molecule has 4 aliphatic rings. The number of rotatable bonds is 5. The molecule has 204 valence electrons. The van der Waals surface area contributed by atoms with E-state index in [-0.39, 0.29) is 37.5 Å². The molecular weight excluding hydrogens is 496 g/mol. The Morgan fingerprint density at radius 3 is 2.64 bits per heavy atom. The van der Waals surface area contributed by atoms with Gasteiger partial charge in [-0.15, -0.1) is 0 Å². The highest BCUT2D eigenvalue weighted by Gasteiger charge is 2.72. The van der Waals surface area contributed by atoms with Gasteiger partial charge in [-0.1, -0.05) is 74.9 Å². The van der Waals surface area contributed by atoms with Gasteiger partial charge in [0.15, 0.2) is 0 Å². The smallest absolute Gasteiger partial charge is 0.312 e. The molecule has 0 aromatic heterocycles. The molecule has 1 unspecified atom stereocenters. The lowest BCUT2D eigenvalue weighted by Gasteiger charge is -2.40. The normalized spacial score (nSPS) is 31.7. The van der Waals surface area contributed by atoms with Crippen molar-refractivity contribution in [2.24, 2.45) is 17.8 Å². The third-order valence-electron chi connectivity index (χ3n) is 8.95.